The molecule has 240 valence electrons. The molecule has 0 spiro atoms. The third kappa shape index (κ3) is 10.2. The fourth-order valence-corrected chi connectivity index (χ4v) is 5.28. The summed E-state index contributed by atoms with van der Waals surface area (Å²) in [5, 5.41) is 12.1. The van der Waals surface area contributed by atoms with Gasteiger partial charge in [0, 0.05) is 12.1 Å². The molecule has 14 heteroatoms. The van der Waals surface area contributed by atoms with Crippen molar-refractivity contribution in [2.75, 3.05) is 13.2 Å². The van der Waals surface area contributed by atoms with Gasteiger partial charge < -0.3 is 41.3 Å². The number of amidine groups is 2. The first-order valence-corrected chi connectivity index (χ1v) is 15.2. The summed E-state index contributed by atoms with van der Waals surface area (Å²) in [4.78, 5) is 23.5. The molecule has 7 N–H and O–H groups in total. The van der Waals surface area contributed by atoms with Crippen LogP contribution in [0.3, 0.4) is 0 Å². The average Bonchev–Trinajstić information content (AvgIpc) is 3.33. The van der Waals surface area contributed by atoms with Crippen LogP contribution in [-0.4, -0.2) is 71.0 Å². The Morgan fingerprint density at radius 1 is 1.23 bits per heavy atom. The van der Waals surface area contributed by atoms with Crippen LogP contribution in [0.4, 0.5) is 10.5 Å². The Labute approximate surface area is 266 Å². The van der Waals surface area contributed by atoms with Crippen molar-refractivity contribution in [3.05, 3.63) is 58.1 Å². The maximum atomic E-state index is 10.8. The van der Waals surface area contributed by atoms with E-state index < -0.39 is 36.3 Å². The Morgan fingerprint density at radius 3 is 2.45 bits per heavy atom. The van der Waals surface area contributed by atoms with Crippen molar-refractivity contribution in [3.63, 3.8) is 0 Å². The molecule has 12 nitrogen and oxygen atoms in total. The number of aliphatic hydroxyl groups is 1. The highest BCUT2D eigenvalue weighted by atomic mass is 35.5. The lowest BCUT2D eigenvalue weighted by molar-refractivity contribution is -0.267. The van der Waals surface area contributed by atoms with Gasteiger partial charge in [0.25, 0.3) is 0 Å². The molecular formula is C30H41ClN6O6S. The minimum atomic E-state index is -1.11. The summed E-state index contributed by atoms with van der Waals surface area (Å²) < 4.78 is 23.7. The molecule has 2 aromatic carbocycles. The van der Waals surface area contributed by atoms with E-state index in [4.69, 9.17) is 43.0 Å². The molecule has 1 aromatic heterocycles. The molecule has 4 unspecified atom stereocenters. The number of benzene rings is 2. The molecule has 2 heterocycles. The molecule has 1 fully saturated rings. The number of amides is 1. The zero-order chi connectivity index (χ0) is 32.6. The normalized spacial score (nSPS) is 20.9. The van der Waals surface area contributed by atoms with Crippen LogP contribution in [0.5, 0.6) is 0 Å². The number of fused-ring (bicyclic) bond motifs is 1. The number of aromatic nitrogens is 1. The number of aliphatic imine (C=N–C) groups is 2. The molecule has 0 radical (unpaired) electrons. The monoisotopic (exact) mass is 648 g/mol. The number of aryl methyl sites for hydroxylation is 1. The van der Waals surface area contributed by atoms with Crippen molar-refractivity contribution in [1.29, 1.82) is 0 Å². The van der Waals surface area contributed by atoms with Crippen LogP contribution in [0.2, 0.25) is 5.02 Å². The number of rotatable bonds is 7. The molecule has 4 rings (SSSR count). The first-order valence-electron chi connectivity index (χ1n) is 14.0. The summed E-state index contributed by atoms with van der Waals surface area (Å²) in [6, 6.07) is 13.2. The predicted molar refractivity (Wildman–Crippen MR) is 174 cm³/mol. The van der Waals surface area contributed by atoms with Crippen LogP contribution in [0.1, 0.15) is 51.5 Å². The number of nitrogens with two attached hydrogens (primary N) is 3. The lowest BCUT2D eigenvalue weighted by atomic mass is 10.1. The number of thiazole rings is 1. The minimum Gasteiger partial charge on any atom is -0.444 e. The summed E-state index contributed by atoms with van der Waals surface area (Å²) in [6.07, 6.45) is -4.21. The van der Waals surface area contributed by atoms with E-state index in [1.165, 1.54) is 11.3 Å². The highest BCUT2D eigenvalue weighted by molar-refractivity contribution is 7.19. The number of halogens is 1. The van der Waals surface area contributed by atoms with Crippen LogP contribution >= 0.6 is 22.9 Å². The van der Waals surface area contributed by atoms with Gasteiger partial charge in [0.15, 0.2) is 12.1 Å². The molecule has 44 heavy (non-hydrogen) atoms. The van der Waals surface area contributed by atoms with E-state index in [-0.39, 0.29) is 30.9 Å². The van der Waals surface area contributed by atoms with E-state index in [9.17, 15) is 9.90 Å². The maximum absolute atomic E-state index is 10.8. The van der Waals surface area contributed by atoms with E-state index in [1.54, 1.807) is 33.8 Å². The van der Waals surface area contributed by atoms with Gasteiger partial charge in [-0.05, 0) is 53.7 Å². The Bertz CT molecular complexity index is 1460. The van der Waals surface area contributed by atoms with Crippen molar-refractivity contribution < 1.29 is 28.8 Å². The molecule has 0 bridgehead atoms. The van der Waals surface area contributed by atoms with Crippen LogP contribution < -0.4 is 17.2 Å². The Kier molecular flexibility index (Phi) is 12.6. The molecule has 1 aliphatic heterocycles. The van der Waals surface area contributed by atoms with Gasteiger partial charge in [-0.1, -0.05) is 41.9 Å². The predicted octanol–water partition coefficient (Wildman–Crippen LogP) is 4.75. The molecule has 1 amide bonds. The zero-order valence-corrected chi connectivity index (χ0v) is 27.3. The van der Waals surface area contributed by atoms with Crippen LogP contribution in [0.15, 0.2) is 52.4 Å². The Morgan fingerprint density at radius 2 is 1.91 bits per heavy atom. The van der Waals surface area contributed by atoms with Crippen LogP contribution in [0, 0.1) is 6.92 Å². The van der Waals surface area contributed by atoms with Crippen LogP contribution in [-0.2, 0) is 18.9 Å². The van der Waals surface area contributed by atoms with Gasteiger partial charge in [0.05, 0.1) is 50.6 Å². The van der Waals surface area contributed by atoms with Crippen LogP contribution in [0.25, 0.3) is 10.2 Å². The first kappa shape index (κ1) is 35.3. The Hall–Kier alpha value is -3.17. The number of primary amides is 1. The van der Waals surface area contributed by atoms with Crippen molar-refractivity contribution in [3.8, 4) is 0 Å². The van der Waals surface area contributed by atoms with Gasteiger partial charge >= 0.3 is 6.09 Å². The lowest BCUT2D eigenvalue weighted by Gasteiger charge is -2.37. The van der Waals surface area contributed by atoms with Gasteiger partial charge in [0.2, 0.25) is 0 Å². The van der Waals surface area contributed by atoms with E-state index >= 15 is 0 Å². The molecule has 1 aliphatic rings. The molecule has 1 saturated heterocycles. The van der Waals surface area contributed by atoms with E-state index in [1.807, 2.05) is 50.2 Å². The molecule has 3 aromatic rings. The number of nitrogens with zero attached hydrogens (tertiary/aromatic N) is 3. The number of aliphatic hydroxyl groups excluding tert-OH is 1. The van der Waals surface area contributed by atoms with Gasteiger partial charge in [-0.3, -0.25) is 0 Å². The fraction of sp³-hybridized carbons (Fsp3) is 0.467. The van der Waals surface area contributed by atoms with Gasteiger partial charge in [-0.15, -0.1) is 11.3 Å². The topological polar surface area (TPSA) is 190 Å². The lowest BCUT2D eigenvalue weighted by Crippen LogP contribution is -2.49. The highest BCUT2D eigenvalue weighted by Gasteiger charge is 2.36. The zero-order valence-electron chi connectivity index (χ0n) is 25.7. The summed E-state index contributed by atoms with van der Waals surface area (Å²) in [5.41, 5.74) is 18.2. The average molecular weight is 649 g/mol. The maximum Gasteiger partial charge on any atom is 0.405 e. The van der Waals surface area contributed by atoms with Crippen molar-refractivity contribution in [2.45, 2.75) is 77.8 Å². The van der Waals surface area contributed by atoms with Gasteiger partial charge in [-0.2, -0.15) is 0 Å². The minimum absolute atomic E-state index is 0.0842. The smallest absolute Gasteiger partial charge is 0.405 e. The van der Waals surface area contributed by atoms with Crippen molar-refractivity contribution in [1.82, 2.24) is 4.98 Å². The number of hydrogen-bond acceptors (Lipinski definition) is 10. The van der Waals surface area contributed by atoms with Gasteiger partial charge in [-0.25, -0.2) is 19.8 Å². The van der Waals surface area contributed by atoms with E-state index in [0.29, 0.717) is 10.7 Å². The molecule has 5 atom stereocenters. The largest absolute Gasteiger partial charge is 0.444 e. The van der Waals surface area contributed by atoms with Gasteiger partial charge in [0.1, 0.15) is 17.8 Å². The van der Waals surface area contributed by atoms with E-state index in [2.05, 4.69) is 19.7 Å². The quantitative estimate of drug-likeness (QED) is 0.207. The van der Waals surface area contributed by atoms with Crippen molar-refractivity contribution in [2.24, 2.45) is 27.2 Å². The third-order valence-electron chi connectivity index (χ3n) is 6.03. The molecular weight excluding hydrogens is 608 g/mol. The SMILES string of the molecule is CC(C)(C)OC(N)=O.CC(N)=NC(=Nc1ccc2nc(C)sc2c1Cl)C(OC1COC(c2ccccc2)OC1C)[C@@H](O)CN. The summed E-state index contributed by atoms with van der Waals surface area (Å²) in [5.74, 6) is 0.388. The fourth-order valence-electron chi connectivity index (χ4n) is 4.12. The van der Waals surface area contributed by atoms with E-state index in [0.717, 1.165) is 20.8 Å². The molecule has 0 aliphatic carbocycles. The summed E-state index contributed by atoms with van der Waals surface area (Å²) >= 11 is 8.13. The Balaban J connectivity index is 0.000000583. The first-order chi connectivity index (χ1) is 20.7. The number of ether oxygens (including phenoxy) is 4. The summed E-state index contributed by atoms with van der Waals surface area (Å²) in [7, 11) is 0. The third-order valence-corrected chi connectivity index (χ3v) is 7.53. The standard InChI is InChI=1S/C25H30ClN5O4S.C5H11NO2/c1-13-20(12-33-25(34-13)16-7-5-4-6-8-16)35-22(19(32)11-27)24(29-14(2)28)31-17-9-10-18-23(21(17)26)36-15(3)30-18;1-5(2,3)8-4(6)7/h4-10,13,19-20,22,25,32H,11-12,27H2,1-3H3,(H2,28,29,31);1-3H3,(H2,6,7)/t13?,19-,20?,22?,25?;/m0./s1. The second-order valence-electron chi connectivity index (χ2n) is 11.1. The molecule has 0 saturated carbocycles. The second kappa shape index (κ2) is 15.7. The highest BCUT2D eigenvalue weighted by Crippen LogP contribution is 2.37. The number of carbonyl (C=O) groups is 1. The second-order valence-corrected chi connectivity index (χ2v) is 12.6. The number of carbonyl (C=O) groups excluding carboxylic acids is 1. The summed E-state index contributed by atoms with van der Waals surface area (Å²) in [6.45, 7) is 10.9. The van der Waals surface area contributed by atoms with Crippen molar-refractivity contribution >= 4 is 56.6 Å². The number of hydrogen-bond donors (Lipinski definition) is 4.